The third-order valence-corrected chi connectivity index (χ3v) is 6.41. The van der Waals surface area contributed by atoms with Gasteiger partial charge in [-0.1, -0.05) is 6.07 Å². The summed E-state index contributed by atoms with van der Waals surface area (Å²) in [5.41, 5.74) is 1.56. The molecule has 0 atom stereocenters. The Morgan fingerprint density at radius 2 is 1.81 bits per heavy atom. The molecule has 1 aliphatic heterocycles. The monoisotopic (exact) mass is 387 g/mol. The first-order chi connectivity index (χ1) is 12.8. The molecule has 8 heteroatoms. The van der Waals surface area contributed by atoms with Crippen LogP contribution in [-0.2, 0) is 10.0 Å². The Bertz CT molecular complexity index is 1020. The lowest BCUT2D eigenvalue weighted by molar-refractivity contribution is 0.101. The first-order valence-corrected chi connectivity index (χ1v) is 9.82. The Hall–Kier alpha value is -2.76. The smallest absolute Gasteiger partial charge is 0.243 e. The molecule has 0 aromatic heterocycles. The third-order valence-electron chi connectivity index (χ3n) is 4.52. The summed E-state index contributed by atoms with van der Waals surface area (Å²) in [5.74, 6) is -0.724. The van der Waals surface area contributed by atoms with Crippen LogP contribution in [0, 0.1) is 17.1 Å². The van der Waals surface area contributed by atoms with Gasteiger partial charge in [0.25, 0.3) is 0 Å². The Morgan fingerprint density at radius 3 is 2.41 bits per heavy atom. The summed E-state index contributed by atoms with van der Waals surface area (Å²) in [6, 6.07) is 11.8. The third kappa shape index (κ3) is 3.84. The number of piperazine rings is 1. The van der Waals surface area contributed by atoms with Gasteiger partial charge in [-0.15, -0.1) is 0 Å². The van der Waals surface area contributed by atoms with Gasteiger partial charge in [0.2, 0.25) is 10.0 Å². The van der Waals surface area contributed by atoms with Crippen LogP contribution in [0.3, 0.4) is 0 Å². The van der Waals surface area contributed by atoms with E-state index in [-0.39, 0.29) is 23.8 Å². The van der Waals surface area contributed by atoms with Gasteiger partial charge in [-0.05, 0) is 43.3 Å². The van der Waals surface area contributed by atoms with E-state index in [1.165, 1.54) is 29.4 Å². The molecular formula is C19H18FN3O3S. The zero-order valence-electron chi connectivity index (χ0n) is 14.7. The lowest BCUT2D eigenvalue weighted by atomic mass is 10.0. The molecule has 27 heavy (non-hydrogen) atoms. The van der Waals surface area contributed by atoms with Crippen LogP contribution in [0.1, 0.15) is 22.8 Å². The number of benzene rings is 2. The molecule has 1 aliphatic rings. The van der Waals surface area contributed by atoms with Crippen LogP contribution < -0.4 is 4.90 Å². The predicted molar refractivity (Wildman–Crippen MR) is 98.5 cm³/mol. The second-order valence-corrected chi connectivity index (χ2v) is 8.19. The van der Waals surface area contributed by atoms with E-state index in [0.717, 1.165) is 6.07 Å². The van der Waals surface area contributed by atoms with Crippen molar-refractivity contribution in [2.24, 2.45) is 0 Å². The minimum absolute atomic E-state index is 0.0770. The van der Waals surface area contributed by atoms with Crippen LogP contribution in [0.5, 0.6) is 0 Å². The number of nitriles is 1. The fourth-order valence-corrected chi connectivity index (χ4v) is 4.56. The molecule has 0 saturated carbocycles. The van der Waals surface area contributed by atoms with E-state index in [9.17, 15) is 17.6 Å². The van der Waals surface area contributed by atoms with Crippen molar-refractivity contribution in [3.63, 3.8) is 0 Å². The number of nitrogens with zero attached hydrogens (tertiary/aromatic N) is 3. The Labute approximate surface area is 157 Å². The molecule has 0 aliphatic carbocycles. The van der Waals surface area contributed by atoms with E-state index < -0.39 is 15.8 Å². The lowest BCUT2D eigenvalue weighted by Crippen LogP contribution is -2.49. The summed E-state index contributed by atoms with van der Waals surface area (Å²) in [7, 11) is -3.78. The van der Waals surface area contributed by atoms with Crippen LogP contribution >= 0.6 is 0 Å². The van der Waals surface area contributed by atoms with Crippen LogP contribution in [0.15, 0.2) is 47.4 Å². The molecule has 0 bridgehead atoms. The van der Waals surface area contributed by atoms with Gasteiger partial charge < -0.3 is 4.90 Å². The molecule has 0 spiro atoms. The van der Waals surface area contributed by atoms with Crippen molar-refractivity contribution in [1.29, 1.82) is 5.26 Å². The molecule has 2 aromatic carbocycles. The summed E-state index contributed by atoms with van der Waals surface area (Å²) in [6.45, 7) is 2.59. The van der Waals surface area contributed by atoms with E-state index in [1.54, 1.807) is 18.2 Å². The topological polar surface area (TPSA) is 81.5 Å². The number of anilines is 1. The highest BCUT2D eigenvalue weighted by atomic mass is 32.2. The Morgan fingerprint density at radius 1 is 1.11 bits per heavy atom. The number of carbonyl (C=O) groups excluding carboxylic acids is 1. The largest absolute Gasteiger partial charge is 0.368 e. The molecule has 1 fully saturated rings. The second-order valence-electron chi connectivity index (χ2n) is 6.25. The van der Waals surface area contributed by atoms with Crippen molar-refractivity contribution < 1.29 is 17.6 Å². The van der Waals surface area contributed by atoms with E-state index >= 15 is 0 Å². The van der Waals surface area contributed by atoms with Gasteiger partial charge in [-0.25, -0.2) is 12.8 Å². The van der Waals surface area contributed by atoms with Crippen molar-refractivity contribution >= 4 is 21.5 Å². The first-order valence-electron chi connectivity index (χ1n) is 8.38. The Kier molecular flexibility index (Phi) is 5.26. The van der Waals surface area contributed by atoms with Crippen molar-refractivity contribution in [3.05, 3.63) is 59.4 Å². The van der Waals surface area contributed by atoms with Gasteiger partial charge in [0.15, 0.2) is 5.78 Å². The predicted octanol–water partition coefficient (Wildman–Crippen LogP) is 2.41. The summed E-state index contributed by atoms with van der Waals surface area (Å²) in [5, 5.41) is 9.12. The average Bonchev–Trinajstić information content (AvgIpc) is 2.67. The summed E-state index contributed by atoms with van der Waals surface area (Å²) < 4.78 is 40.1. The van der Waals surface area contributed by atoms with Gasteiger partial charge >= 0.3 is 0 Å². The zero-order chi connectivity index (χ0) is 19.6. The molecule has 2 aromatic rings. The molecule has 6 nitrogen and oxygen atoms in total. The molecule has 0 radical (unpaired) electrons. The maximum atomic E-state index is 13.4. The lowest BCUT2D eigenvalue weighted by Gasteiger charge is -2.36. The Balaban J connectivity index is 1.82. The molecular weight excluding hydrogens is 369 g/mol. The number of rotatable bonds is 4. The van der Waals surface area contributed by atoms with Gasteiger partial charge in [-0.3, -0.25) is 4.79 Å². The van der Waals surface area contributed by atoms with Crippen molar-refractivity contribution in [1.82, 2.24) is 4.31 Å². The van der Waals surface area contributed by atoms with Gasteiger partial charge in [0.1, 0.15) is 5.82 Å². The normalized spacial score (nSPS) is 15.4. The van der Waals surface area contributed by atoms with Crippen LogP contribution in [0.2, 0.25) is 0 Å². The number of carbonyl (C=O) groups is 1. The van der Waals surface area contributed by atoms with Crippen LogP contribution in [0.25, 0.3) is 0 Å². The highest BCUT2D eigenvalue weighted by Crippen LogP contribution is 2.26. The van der Waals surface area contributed by atoms with Crippen molar-refractivity contribution in [3.8, 4) is 6.07 Å². The van der Waals surface area contributed by atoms with Gasteiger partial charge in [0.05, 0.1) is 16.5 Å². The minimum atomic E-state index is -3.78. The SMILES string of the molecule is CC(=O)c1ccc(C#N)cc1N1CCN(S(=O)(=O)c2cccc(F)c2)CC1. The standard InChI is InChI=1S/C19H18FN3O3S/c1-14(24)18-6-5-15(13-21)11-19(18)22-7-9-23(10-8-22)27(25,26)17-4-2-3-16(20)12-17/h2-6,11-12H,7-10H2,1H3. The number of Topliss-reactive ketones (excluding diaryl/α,β-unsaturated/α-hetero) is 1. The van der Waals surface area contributed by atoms with Crippen molar-refractivity contribution in [2.75, 3.05) is 31.1 Å². The van der Waals surface area contributed by atoms with Crippen molar-refractivity contribution in [2.45, 2.75) is 11.8 Å². The quantitative estimate of drug-likeness (QED) is 0.753. The zero-order valence-corrected chi connectivity index (χ0v) is 15.5. The fraction of sp³-hybridized carbons (Fsp3) is 0.263. The molecule has 0 unspecified atom stereocenters. The molecule has 140 valence electrons. The fourth-order valence-electron chi connectivity index (χ4n) is 3.11. The maximum absolute atomic E-state index is 13.4. The van der Waals surface area contributed by atoms with E-state index in [2.05, 4.69) is 6.07 Å². The summed E-state index contributed by atoms with van der Waals surface area (Å²) in [6.07, 6.45) is 0. The minimum Gasteiger partial charge on any atom is -0.368 e. The number of ketones is 1. The van der Waals surface area contributed by atoms with Crippen LogP contribution in [-0.4, -0.2) is 44.7 Å². The molecule has 3 rings (SSSR count). The molecule has 1 saturated heterocycles. The second kappa shape index (κ2) is 7.47. The highest BCUT2D eigenvalue weighted by Gasteiger charge is 2.29. The average molecular weight is 387 g/mol. The number of sulfonamides is 1. The molecule has 1 heterocycles. The highest BCUT2D eigenvalue weighted by molar-refractivity contribution is 7.89. The summed E-state index contributed by atoms with van der Waals surface area (Å²) in [4.78, 5) is 13.7. The number of halogens is 1. The van der Waals surface area contributed by atoms with E-state index in [0.29, 0.717) is 29.9 Å². The number of hydrogen-bond acceptors (Lipinski definition) is 5. The molecule has 0 N–H and O–H groups in total. The van der Waals surface area contributed by atoms with E-state index in [1.807, 2.05) is 4.90 Å². The molecule has 0 amide bonds. The van der Waals surface area contributed by atoms with E-state index in [4.69, 9.17) is 5.26 Å². The number of hydrogen-bond donors (Lipinski definition) is 0. The first kappa shape index (κ1) is 19.0. The van der Waals surface area contributed by atoms with Gasteiger partial charge in [-0.2, -0.15) is 9.57 Å². The maximum Gasteiger partial charge on any atom is 0.243 e. The van der Waals surface area contributed by atoms with Gasteiger partial charge in [0, 0.05) is 37.4 Å². The van der Waals surface area contributed by atoms with Crippen LogP contribution in [0.4, 0.5) is 10.1 Å². The summed E-state index contributed by atoms with van der Waals surface area (Å²) >= 11 is 0.